The van der Waals surface area contributed by atoms with E-state index in [-0.39, 0.29) is 17.3 Å². The number of hydrogen-bond donors (Lipinski definition) is 0. The number of rotatable bonds is 8. The van der Waals surface area contributed by atoms with Gasteiger partial charge in [-0.15, -0.1) is 0 Å². The summed E-state index contributed by atoms with van der Waals surface area (Å²) in [4.78, 5) is 34.6. The van der Waals surface area contributed by atoms with E-state index in [4.69, 9.17) is 0 Å². The zero-order chi connectivity index (χ0) is 21.8. The molecule has 6 nitrogen and oxygen atoms in total. The summed E-state index contributed by atoms with van der Waals surface area (Å²) in [6, 6.07) is 10.0. The highest BCUT2D eigenvalue weighted by molar-refractivity contribution is 7.16. The van der Waals surface area contributed by atoms with Crippen LogP contribution in [0.3, 0.4) is 0 Å². The van der Waals surface area contributed by atoms with Crippen molar-refractivity contribution >= 4 is 17.1 Å². The van der Waals surface area contributed by atoms with Gasteiger partial charge in [0.25, 0.3) is 0 Å². The number of hydrogen-bond acceptors (Lipinski definition) is 5. The van der Waals surface area contributed by atoms with Gasteiger partial charge >= 0.3 is 5.69 Å². The van der Waals surface area contributed by atoms with Crippen molar-refractivity contribution in [3.05, 3.63) is 99.2 Å². The molecule has 0 aliphatic heterocycles. The van der Waals surface area contributed by atoms with Gasteiger partial charge in [-0.25, -0.2) is 18.7 Å². The van der Waals surface area contributed by atoms with Crippen LogP contribution in [0.5, 0.6) is 0 Å². The third-order valence-corrected chi connectivity index (χ3v) is 6.21. The standard InChI is InChI=1S/C23H21FN4O2S/c1-16-21(20(29)9-6-18-3-2-11-25-15-18)31-22(26-16)28-14-13-27(23(28)30)12-10-17-4-7-19(24)8-5-17/h2-5,7-8,11,13-15H,6,9-10,12H2,1H3. The van der Waals surface area contributed by atoms with Crippen LogP contribution in [0.4, 0.5) is 4.39 Å². The smallest absolute Gasteiger partial charge is 0.299 e. The highest BCUT2D eigenvalue weighted by atomic mass is 32.1. The van der Waals surface area contributed by atoms with Gasteiger partial charge in [-0.3, -0.25) is 14.3 Å². The summed E-state index contributed by atoms with van der Waals surface area (Å²) < 4.78 is 16.1. The van der Waals surface area contributed by atoms with Crippen LogP contribution in [0, 0.1) is 12.7 Å². The van der Waals surface area contributed by atoms with Crippen molar-refractivity contribution in [3.8, 4) is 5.13 Å². The average Bonchev–Trinajstić information content (AvgIpc) is 3.34. The van der Waals surface area contributed by atoms with Crippen molar-refractivity contribution in [2.75, 3.05) is 0 Å². The van der Waals surface area contributed by atoms with Gasteiger partial charge in [-0.05, 0) is 49.1 Å². The summed E-state index contributed by atoms with van der Waals surface area (Å²) >= 11 is 1.23. The summed E-state index contributed by atoms with van der Waals surface area (Å²) in [5, 5.41) is 0.479. The second-order valence-corrected chi connectivity index (χ2v) is 8.19. The maximum Gasteiger partial charge on any atom is 0.334 e. The molecule has 0 aliphatic carbocycles. The Morgan fingerprint density at radius 3 is 2.65 bits per heavy atom. The molecule has 0 saturated carbocycles. The number of benzene rings is 1. The second kappa shape index (κ2) is 9.18. The van der Waals surface area contributed by atoms with E-state index in [0.717, 1.165) is 11.1 Å². The number of carbonyl (C=O) groups is 1. The Hall–Kier alpha value is -3.39. The highest BCUT2D eigenvalue weighted by Gasteiger charge is 2.18. The van der Waals surface area contributed by atoms with Crippen LogP contribution in [-0.2, 0) is 19.4 Å². The van der Waals surface area contributed by atoms with Gasteiger partial charge in [-0.2, -0.15) is 0 Å². The molecule has 158 valence electrons. The van der Waals surface area contributed by atoms with E-state index in [1.165, 1.54) is 28.0 Å². The number of Topliss-reactive ketones (excluding diaryl/α,β-unsaturated/α-hetero) is 1. The second-order valence-electron chi connectivity index (χ2n) is 7.22. The van der Waals surface area contributed by atoms with Gasteiger partial charge in [0.2, 0.25) is 0 Å². The predicted molar refractivity (Wildman–Crippen MR) is 117 cm³/mol. The van der Waals surface area contributed by atoms with E-state index in [1.54, 1.807) is 48.4 Å². The molecule has 0 N–H and O–H groups in total. The first-order chi connectivity index (χ1) is 15.0. The van der Waals surface area contributed by atoms with Gasteiger partial charge in [-0.1, -0.05) is 29.5 Å². The maximum atomic E-state index is 13.0. The summed E-state index contributed by atoms with van der Waals surface area (Å²) in [5.41, 5.74) is 2.37. The number of imidazole rings is 1. The molecule has 0 bridgehead atoms. The van der Waals surface area contributed by atoms with E-state index in [0.29, 0.717) is 41.5 Å². The van der Waals surface area contributed by atoms with Crippen molar-refractivity contribution in [2.45, 2.75) is 32.7 Å². The largest absolute Gasteiger partial charge is 0.334 e. The van der Waals surface area contributed by atoms with Crippen molar-refractivity contribution in [3.63, 3.8) is 0 Å². The first-order valence-electron chi connectivity index (χ1n) is 9.93. The Kier molecular flexibility index (Phi) is 6.18. The van der Waals surface area contributed by atoms with Gasteiger partial charge in [0.05, 0.1) is 10.6 Å². The quantitative estimate of drug-likeness (QED) is 0.392. The first-order valence-corrected chi connectivity index (χ1v) is 10.7. The molecule has 1 aromatic carbocycles. The average molecular weight is 437 g/mol. The molecule has 3 heterocycles. The Morgan fingerprint density at radius 1 is 1.10 bits per heavy atom. The lowest BCUT2D eigenvalue weighted by Gasteiger charge is -2.02. The van der Waals surface area contributed by atoms with Gasteiger partial charge in [0.1, 0.15) is 5.82 Å². The lowest BCUT2D eigenvalue weighted by molar-refractivity contribution is 0.0986. The van der Waals surface area contributed by atoms with E-state index >= 15 is 0 Å². The molecule has 0 atom stereocenters. The molecule has 0 aliphatic rings. The van der Waals surface area contributed by atoms with Crippen LogP contribution in [0.15, 0.2) is 66.0 Å². The molecule has 8 heteroatoms. The summed E-state index contributed by atoms with van der Waals surface area (Å²) in [6.07, 6.45) is 8.41. The van der Waals surface area contributed by atoms with Crippen LogP contribution < -0.4 is 5.69 Å². The molecule has 0 radical (unpaired) electrons. The number of thiazole rings is 1. The van der Waals surface area contributed by atoms with Crippen LogP contribution in [0.25, 0.3) is 5.13 Å². The van der Waals surface area contributed by atoms with Gasteiger partial charge in [0, 0.05) is 37.8 Å². The molecule has 0 saturated heterocycles. The Balaban J connectivity index is 1.46. The summed E-state index contributed by atoms with van der Waals surface area (Å²) in [6.45, 7) is 2.26. The minimum Gasteiger partial charge on any atom is -0.299 e. The van der Waals surface area contributed by atoms with Crippen molar-refractivity contribution < 1.29 is 9.18 Å². The van der Waals surface area contributed by atoms with Crippen LogP contribution in [0.2, 0.25) is 0 Å². The highest BCUT2D eigenvalue weighted by Crippen LogP contribution is 2.23. The number of nitrogens with zero attached hydrogens (tertiary/aromatic N) is 4. The molecule has 0 spiro atoms. The van der Waals surface area contributed by atoms with Crippen LogP contribution in [0.1, 0.15) is 32.9 Å². The van der Waals surface area contributed by atoms with Gasteiger partial charge < -0.3 is 0 Å². The van der Waals surface area contributed by atoms with Crippen molar-refractivity contribution in [1.29, 1.82) is 0 Å². The van der Waals surface area contributed by atoms with E-state index in [1.807, 2.05) is 12.1 Å². The zero-order valence-corrected chi connectivity index (χ0v) is 17.8. The molecule has 0 amide bonds. The lowest BCUT2D eigenvalue weighted by atomic mass is 10.1. The lowest BCUT2D eigenvalue weighted by Crippen LogP contribution is -2.23. The fourth-order valence-electron chi connectivity index (χ4n) is 3.29. The van der Waals surface area contributed by atoms with Crippen molar-refractivity contribution in [2.24, 2.45) is 0 Å². The fraction of sp³-hybridized carbons (Fsp3) is 0.217. The number of ketones is 1. The van der Waals surface area contributed by atoms with E-state index in [2.05, 4.69) is 9.97 Å². The predicted octanol–water partition coefficient (Wildman–Crippen LogP) is 4.00. The molecular formula is C23H21FN4O2S. The molecule has 0 fully saturated rings. The number of aromatic nitrogens is 4. The number of pyridine rings is 1. The zero-order valence-electron chi connectivity index (χ0n) is 17.0. The summed E-state index contributed by atoms with van der Waals surface area (Å²) in [7, 11) is 0. The molecule has 3 aromatic heterocycles. The number of aryl methyl sites for hydroxylation is 4. The Labute approximate surface area is 182 Å². The minimum absolute atomic E-state index is 0.00824. The van der Waals surface area contributed by atoms with Crippen LogP contribution in [-0.4, -0.2) is 24.9 Å². The molecule has 4 rings (SSSR count). The first kappa shape index (κ1) is 20.9. The summed E-state index contributed by atoms with van der Waals surface area (Å²) in [5.74, 6) is -0.272. The monoisotopic (exact) mass is 436 g/mol. The third kappa shape index (κ3) is 4.86. The maximum absolute atomic E-state index is 13.0. The molecule has 31 heavy (non-hydrogen) atoms. The fourth-order valence-corrected chi connectivity index (χ4v) is 4.30. The van der Waals surface area contributed by atoms with Gasteiger partial charge in [0.15, 0.2) is 10.9 Å². The number of halogens is 1. The van der Waals surface area contributed by atoms with E-state index < -0.39 is 0 Å². The SMILES string of the molecule is Cc1nc(-n2ccn(CCc3ccc(F)cc3)c2=O)sc1C(=O)CCc1cccnc1. The normalized spacial score (nSPS) is 11.0. The Morgan fingerprint density at radius 2 is 1.90 bits per heavy atom. The minimum atomic E-state index is -0.281. The molecule has 4 aromatic rings. The van der Waals surface area contributed by atoms with E-state index in [9.17, 15) is 14.0 Å². The van der Waals surface area contributed by atoms with Crippen LogP contribution >= 0.6 is 11.3 Å². The molecular weight excluding hydrogens is 415 g/mol. The number of carbonyl (C=O) groups excluding carboxylic acids is 1. The topological polar surface area (TPSA) is 69.8 Å². The molecule has 0 unspecified atom stereocenters. The Bertz CT molecular complexity index is 1240. The third-order valence-electron chi connectivity index (χ3n) is 5.01. The van der Waals surface area contributed by atoms with Crippen molar-refractivity contribution in [1.82, 2.24) is 19.1 Å².